The normalized spacial score (nSPS) is 19.6. The van der Waals surface area contributed by atoms with Crippen LogP contribution in [0.5, 0.6) is 0 Å². The monoisotopic (exact) mass is 451 g/mol. The summed E-state index contributed by atoms with van der Waals surface area (Å²) in [6.45, 7) is 11.3. The van der Waals surface area contributed by atoms with Gasteiger partial charge in [-0.15, -0.1) is 0 Å². The van der Waals surface area contributed by atoms with Crippen LogP contribution in [0, 0.1) is 5.92 Å². The van der Waals surface area contributed by atoms with Crippen molar-refractivity contribution in [1.29, 1.82) is 0 Å². The molecule has 174 valence electrons. The molecule has 1 saturated carbocycles. The first-order valence-corrected chi connectivity index (χ1v) is 12.7. The van der Waals surface area contributed by atoms with Gasteiger partial charge in [0.05, 0.1) is 5.25 Å². The fourth-order valence-electron chi connectivity index (χ4n) is 4.00. The first kappa shape index (κ1) is 25.3. The second-order valence-corrected chi connectivity index (χ2v) is 11.5. The van der Waals surface area contributed by atoms with E-state index in [4.69, 9.17) is 0 Å². The fourth-order valence-corrected chi connectivity index (χ4v) is 4.97. The van der Waals surface area contributed by atoms with E-state index in [1.807, 2.05) is 32.6 Å². The largest absolute Gasteiger partial charge is 0.334 e. The van der Waals surface area contributed by atoms with Gasteiger partial charge < -0.3 is 10.2 Å². The Bertz CT molecular complexity index is 847. The van der Waals surface area contributed by atoms with Gasteiger partial charge >= 0.3 is 0 Å². The van der Waals surface area contributed by atoms with Gasteiger partial charge in [-0.3, -0.25) is 9.59 Å². The van der Waals surface area contributed by atoms with Crippen LogP contribution < -0.4 is 10.0 Å². The molecule has 0 aromatic heterocycles. The number of hydrogen-bond acceptors (Lipinski definition) is 4. The maximum atomic E-state index is 12.8. The van der Waals surface area contributed by atoms with Gasteiger partial charge in [-0.1, -0.05) is 0 Å². The van der Waals surface area contributed by atoms with Crippen LogP contribution in [0.4, 0.5) is 5.69 Å². The van der Waals surface area contributed by atoms with E-state index in [-0.39, 0.29) is 35.9 Å². The molecule has 0 atom stereocenters. The maximum Gasteiger partial charge on any atom is 0.254 e. The number of anilines is 1. The Balaban J connectivity index is 1.91. The number of rotatable bonds is 8. The number of nitrogens with zero attached hydrogens (tertiary/aromatic N) is 1. The average molecular weight is 452 g/mol. The molecule has 0 aliphatic heterocycles. The topological polar surface area (TPSA) is 95.6 Å². The van der Waals surface area contributed by atoms with Gasteiger partial charge in [0.15, 0.2) is 0 Å². The minimum absolute atomic E-state index is 0.0231. The molecule has 8 heteroatoms. The third-order valence-corrected chi connectivity index (χ3v) is 7.70. The lowest BCUT2D eigenvalue weighted by Gasteiger charge is -2.31. The van der Waals surface area contributed by atoms with Crippen LogP contribution >= 0.6 is 0 Å². The molecule has 7 nitrogen and oxygen atoms in total. The summed E-state index contributed by atoms with van der Waals surface area (Å²) >= 11 is 0. The molecule has 1 aromatic carbocycles. The predicted molar refractivity (Wildman–Crippen MR) is 124 cm³/mol. The molecule has 1 aromatic rings. The molecule has 0 spiro atoms. The Morgan fingerprint density at radius 2 is 1.42 bits per heavy atom. The summed E-state index contributed by atoms with van der Waals surface area (Å²) in [5.74, 6) is -0.223. The highest BCUT2D eigenvalue weighted by Gasteiger charge is 2.29. The van der Waals surface area contributed by atoms with Crippen molar-refractivity contribution >= 4 is 27.5 Å². The molecule has 1 aliphatic carbocycles. The highest BCUT2D eigenvalue weighted by molar-refractivity contribution is 7.90. The molecule has 1 fully saturated rings. The average Bonchev–Trinajstić information content (AvgIpc) is 2.68. The van der Waals surface area contributed by atoms with E-state index in [1.54, 1.807) is 38.1 Å². The summed E-state index contributed by atoms with van der Waals surface area (Å²) in [4.78, 5) is 27.3. The number of amides is 2. The van der Waals surface area contributed by atoms with Gasteiger partial charge in [-0.2, -0.15) is 0 Å². The molecule has 2 amide bonds. The SMILES string of the molecule is CC(C)N(C(=O)c1ccc(NC(=O)C2CCC(NS(=O)(=O)C(C)C)CC2)cc1)C(C)C. The Labute approximate surface area is 187 Å². The van der Waals surface area contributed by atoms with Crippen LogP contribution in [0.3, 0.4) is 0 Å². The lowest BCUT2D eigenvalue weighted by molar-refractivity contribution is -0.120. The Morgan fingerprint density at radius 1 is 0.903 bits per heavy atom. The fraction of sp³-hybridized carbons (Fsp3) is 0.652. The molecule has 0 heterocycles. The van der Waals surface area contributed by atoms with Gasteiger partial charge in [0.25, 0.3) is 5.91 Å². The number of carbonyl (C=O) groups excluding carboxylic acids is 2. The van der Waals surface area contributed by atoms with Gasteiger partial charge in [-0.25, -0.2) is 13.1 Å². The Hall–Kier alpha value is -1.93. The molecule has 0 unspecified atom stereocenters. The standard InChI is InChI=1S/C23H37N3O4S/c1-15(2)26(16(3)4)23(28)19-9-11-20(12-10-19)24-22(27)18-7-13-21(14-8-18)25-31(29,30)17(5)6/h9-12,15-18,21,25H,7-8,13-14H2,1-6H3,(H,24,27). The molecular weight excluding hydrogens is 414 g/mol. The molecule has 1 aliphatic rings. The van der Waals surface area contributed by atoms with E-state index in [9.17, 15) is 18.0 Å². The smallest absolute Gasteiger partial charge is 0.254 e. The Kier molecular flexibility index (Phi) is 8.65. The third-order valence-electron chi connectivity index (χ3n) is 5.80. The van der Waals surface area contributed by atoms with Crippen LogP contribution in [0.25, 0.3) is 0 Å². The van der Waals surface area contributed by atoms with Crippen LogP contribution in [0.2, 0.25) is 0 Å². The van der Waals surface area contributed by atoms with Crippen molar-refractivity contribution in [3.8, 4) is 0 Å². The van der Waals surface area contributed by atoms with E-state index < -0.39 is 15.3 Å². The maximum absolute atomic E-state index is 12.8. The lowest BCUT2D eigenvalue weighted by Crippen LogP contribution is -2.42. The van der Waals surface area contributed by atoms with E-state index >= 15 is 0 Å². The number of carbonyl (C=O) groups is 2. The van der Waals surface area contributed by atoms with Crippen molar-refractivity contribution in [2.24, 2.45) is 5.92 Å². The molecule has 31 heavy (non-hydrogen) atoms. The zero-order valence-electron chi connectivity index (χ0n) is 19.5. The molecule has 2 rings (SSSR count). The predicted octanol–water partition coefficient (Wildman–Crippen LogP) is 3.77. The van der Waals surface area contributed by atoms with Gasteiger partial charge in [-0.05, 0) is 91.5 Å². The highest BCUT2D eigenvalue weighted by Crippen LogP contribution is 2.26. The van der Waals surface area contributed by atoms with Crippen molar-refractivity contribution in [1.82, 2.24) is 9.62 Å². The zero-order chi connectivity index (χ0) is 23.3. The number of sulfonamides is 1. The number of hydrogen-bond donors (Lipinski definition) is 2. The van der Waals surface area contributed by atoms with Crippen molar-refractivity contribution in [2.45, 2.75) is 90.6 Å². The van der Waals surface area contributed by atoms with Gasteiger partial charge in [0, 0.05) is 35.3 Å². The van der Waals surface area contributed by atoms with E-state index in [2.05, 4.69) is 10.0 Å². The van der Waals surface area contributed by atoms with Gasteiger partial charge in [0.2, 0.25) is 15.9 Å². The van der Waals surface area contributed by atoms with Crippen molar-refractivity contribution in [2.75, 3.05) is 5.32 Å². The van der Waals surface area contributed by atoms with Crippen molar-refractivity contribution < 1.29 is 18.0 Å². The zero-order valence-corrected chi connectivity index (χ0v) is 20.3. The molecule has 0 radical (unpaired) electrons. The van der Waals surface area contributed by atoms with Gasteiger partial charge in [0.1, 0.15) is 0 Å². The minimum Gasteiger partial charge on any atom is -0.334 e. The van der Waals surface area contributed by atoms with Crippen LogP contribution in [0.15, 0.2) is 24.3 Å². The quantitative estimate of drug-likeness (QED) is 0.629. The minimum atomic E-state index is -3.29. The Morgan fingerprint density at radius 3 is 1.87 bits per heavy atom. The number of benzene rings is 1. The summed E-state index contributed by atoms with van der Waals surface area (Å²) < 4.78 is 26.8. The molecule has 0 saturated heterocycles. The molecule has 0 bridgehead atoms. The van der Waals surface area contributed by atoms with E-state index in [0.717, 1.165) is 0 Å². The summed E-state index contributed by atoms with van der Waals surface area (Å²) in [6.07, 6.45) is 2.59. The first-order chi connectivity index (χ1) is 14.4. The summed E-state index contributed by atoms with van der Waals surface area (Å²) in [5.41, 5.74) is 1.25. The van der Waals surface area contributed by atoms with Crippen molar-refractivity contribution in [3.05, 3.63) is 29.8 Å². The van der Waals surface area contributed by atoms with Crippen molar-refractivity contribution in [3.63, 3.8) is 0 Å². The number of nitrogens with one attached hydrogen (secondary N) is 2. The third kappa shape index (κ3) is 6.77. The lowest BCUT2D eigenvalue weighted by atomic mass is 9.86. The first-order valence-electron chi connectivity index (χ1n) is 11.2. The summed E-state index contributed by atoms with van der Waals surface area (Å²) in [7, 11) is -3.29. The van der Waals surface area contributed by atoms with E-state index in [0.29, 0.717) is 36.9 Å². The summed E-state index contributed by atoms with van der Waals surface area (Å²) in [6, 6.07) is 7.10. The van der Waals surface area contributed by atoms with Crippen LogP contribution in [-0.2, 0) is 14.8 Å². The van der Waals surface area contributed by atoms with Crippen LogP contribution in [0.1, 0.15) is 77.6 Å². The summed E-state index contributed by atoms with van der Waals surface area (Å²) in [5, 5.41) is 2.47. The molecule has 2 N–H and O–H groups in total. The van der Waals surface area contributed by atoms with Crippen LogP contribution in [-0.4, -0.2) is 48.5 Å². The highest BCUT2D eigenvalue weighted by atomic mass is 32.2. The van der Waals surface area contributed by atoms with E-state index in [1.165, 1.54) is 0 Å². The molecular formula is C23H37N3O4S. The second-order valence-electron chi connectivity index (χ2n) is 9.23. The second kappa shape index (κ2) is 10.6.